The molecule has 9 nitrogen and oxygen atoms in total. The molecule has 184 valence electrons. The SMILES string of the molecule is CC(C)N1CCN(C(=O)[C@@H](C)NC(=O)c2[nH]c3ccccc3c2Sc2ncccc2C(=O)O)CC1. The van der Waals surface area contributed by atoms with Crippen molar-refractivity contribution in [2.75, 3.05) is 26.2 Å². The number of hydrogen-bond donors (Lipinski definition) is 3. The van der Waals surface area contributed by atoms with Crippen molar-refractivity contribution in [2.45, 2.75) is 42.8 Å². The third kappa shape index (κ3) is 5.33. The van der Waals surface area contributed by atoms with Crippen molar-refractivity contribution in [1.29, 1.82) is 0 Å². The number of benzene rings is 1. The lowest BCUT2D eigenvalue weighted by atomic mass is 10.2. The van der Waals surface area contributed by atoms with Gasteiger partial charge in [-0.2, -0.15) is 0 Å². The molecule has 1 atom stereocenters. The van der Waals surface area contributed by atoms with E-state index in [2.05, 4.69) is 34.0 Å². The molecule has 10 heteroatoms. The number of H-pyrrole nitrogens is 1. The summed E-state index contributed by atoms with van der Waals surface area (Å²) in [5, 5.41) is 13.4. The number of nitrogens with one attached hydrogen (secondary N) is 2. The van der Waals surface area contributed by atoms with Crippen molar-refractivity contribution < 1.29 is 19.5 Å². The molecule has 1 aromatic carbocycles. The Hall–Kier alpha value is -3.37. The van der Waals surface area contributed by atoms with E-state index in [0.29, 0.717) is 24.0 Å². The fourth-order valence-electron chi connectivity index (χ4n) is 4.18. The molecule has 3 aromatic rings. The fourth-order valence-corrected chi connectivity index (χ4v) is 5.28. The topological polar surface area (TPSA) is 119 Å². The van der Waals surface area contributed by atoms with Crippen LogP contribution in [-0.2, 0) is 4.79 Å². The number of carbonyl (C=O) groups excluding carboxylic acids is 2. The average Bonchev–Trinajstić information content (AvgIpc) is 3.22. The van der Waals surface area contributed by atoms with Gasteiger partial charge in [-0.05, 0) is 39.0 Å². The predicted molar refractivity (Wildman–Crippen MR) is 134 cm³/mol. The zero-order valence-corrected chi connectivity index (χ0v) is 20.8. The summed E-state index contributed by atoms with van der Waals surface area (Å²) in [5.41, 5.74) is 1.05. The van der Waals surface area contributed by atoms with Gasteiger partial charge in [0.25, 0.3) is 5.91 Å². The van der Waals surface area contributed by atoms with Crippen molar-refractivity contribution in [1.82, 2.24) is 25.1 Å². The molecule has 0 radical (unpaired) electrons. The minimum Gasteiger partial charge on any atom is -0.478 e. The summed E-state index contributed by atoms with van der Waals surface area (Å²) in [5.74, 6) is -1.65. The van der Waals surface area contributed by atoms with E-state index in [1.807, 2.05) is 24.3 Å². The Morgan fingerprint density at radius 3 is 2.46 bits per heavy atom. The highest BCUT2D eigenvalue weighted by atomic mass is 32.2. The molecule has 1 fully saturated rings. The van der Waals surface area contributed by atoms with Crippen LogP contribution in [0.2, 0.25) is 0 Å². The van der Waals surface area contributed by atoms with Gasteiger partial charge in [-0.1, -0.05) is 30.0 Å². The monoisotopic (exact) mass is 495 g/mol. The van der Waals surface area contributed by atoms with E-state index in [1.54, 1.807) is 17.9 Å². The van der Waals surface area contributed by atoms with Crippen LogP contribution in [0, 0.1) is 0 Å². The molecule has 1 aliphatic heterocycles. The molecule has 0 saturated carbocycles. The molecule has 0 unspecified atom stereocenters. The largest absolute Gasteiger partial charge is 0.478 e. The van der Waals surface area contributed by atoms with Crippen molar-refractivity contribution >= 4 is 40.4 Å². The normalized spacial score (nSPS) is 15.4. The maximum Gasteiger partial charge on any atom is 0.338 e. The minimum absolute atomic E-state index is 0.0539. The second kappa shape index (κ2) is 10.5. The molecule has 1 saturated heterocycles. The smallest absolute Gasteiger partial charge is 0.338 e. The Labute approximate surface area is 207 Å². The molecule has 4 rings (SSSR count). The van der Waals surface area contributed by atoms with E-state index in [1.165, 1.54) is 12.3 Å². The van der Waals surface area contributed by atoms with E-state index in [-0.39, 0.29) is 22.2 Å². The van der Waals surface area contributed by atoms with Gasteiger partial charge in [0, 0.05) is 49.3 Å². The molecule has 3 N–H and O–H groups in total. The number of carboxylic acids is 1. The molecule has 0 bridgehead atoms. The molecular formula is C25H29N5O4S. The van der Waals surface area contributed by atoms with Gasteiger partial charge in [0.1, 0.15) is 16.8 Å². The van der Waals surface area contributed by atoms with Crippen molar-refractivity contribution in [3.05, 3.63) is 53.9 Å². The standard InChI is InChI=1S/C25H29N5O4S/c1-15(2)29-11-13-30(14-12-29)24(32)16(3)27-22(31)20-21(17-7-4-5-9-19(17)28-20)35-23-18(25(33)34)8-6-10-26-23/h4-10,15-16,28H,11-14H2,1-3H3,(H,27,31)(H,33,34)/t16-/m1/s1. The average molecular weight is 496 g/mol. The van der Waals surface area contributed by atoms with Gasteiger partial charge in [0.05, 0.1) is 10.5 Å². The summed E-state index contributed by atoms with van der Waals surface area (Å²) in [4.78, 5) is 50.0. The first-order valence-electron chi connectivity index (χ1n) is 11.6. The van der Waals surface area contributed by atoms with Gasteiger partial charge in [0.2, 0.25) is 5.91 Å². The second-order valence-corrected chi connectivity index (χ2v) is 9.79. The van der Waals surface area contributed by atoms with Crippen LogP contribution in [-0.4, -0.2) is 80.9 Å². The van der Waals surface area contributed by atoms with Crippen LogP contribution in [0.4, 0.5) is 0 Å². The number of aromatic nitrogens is 2. The van der Waals surface area contributed by atoms with Gasteiger partial charge >= 0.3 is 5.97 Å². The number of piperazine rings is 1. The lowest BCUT2D eigenvalue weighted by Crippen LogP contribution is -2.55. The van der Waals surface area contributed by atoms with Gasteiger partial charge in [-0.15, -0.1) is 0 Å². The summed E-state index contributed by atoms with van der Waals surface area (Å²) in [6.45, 7) is 8.84. The summed E-state index contributed by atoms with van der Waals surface area (Å²) < 4.78 is 0. The Morgan fingerprint density at radius 2 is 1.77 bits per heavy atom. The molecule has 1 aliphatic rings. The number of para-hydroxylation sites is 1. The van der Waals surface area contributed by atoms with Crippen LogP contribution in [0.25, 0.3) is 10.9 Å². The molecule has 2 aromatic heterocycles. The predicted octanol–water partition coefficient (Wildman–Crippen LogP) is 3.08. The zero-order chi connectivity index (χ0) is 25.1. The molecule has 0 aliphatic carbocycles. The Bertz CT molecular complexity index is 1250. The van der Waals surface area contributed by atoms with Gasteiger partial charge in [-0.3, -0.25) is 14.5 Å². The third-order valence-electron chi connectivity index (χ3n) is 6.16. The Morgan fingerprint density at radius 1 is 1.06 bits per heavy atom. The van der Waals surface area contributed by atoms with Crippen LogP contribution < -0.4 is 5.32 Å². The first-order valence-corrected chi connectivity index (χ1v) is 12.4. The van der Waals surface area contributed by atoms with Crippen LogP contribution in [0.15, 0.2) is 52.5 Å². The number of nitrogens with zero attached hydrogens (tertiary/aromatic N) is 3. The van der Waals surface area contributed by atoms with E-state index in [4.69, 9.17) is 0 Å². The Balaban J connectivity index is 1.55. The van der Waals surface area contributed by atoms with Gasteiger partial charge < -0.3 is 20.3 Å². The van der Waals surface area contributed by atoms with E-state index in [0.717, 1.165) is 35.8 Å². The number of amides is 2. The first kappa shape index (κ1) is 24.7. The lowest BCUT2D eigenvalue weighted by molar-refractivity contribution is -0.134. The highest BCUT2D eigenvalue weighted by Crippen LogP contribution is 2.37. The number of hydrogen-bond acceptors (Lipinski definition) is 6. The van der Waals surface area contributed by atoms with E-state index in [9.17, 15) is 19.5 Å². The molecule has 2 amide bonds. The number of pyridine rings is 1. The third-order valence-corrected chi connectivity index (χ3v) is 7.31. The summed E-state index contributed by atoms with van der Waals surface area (Å²) in [6, 6.07) is 10.2. The maximum absolute atomic E-state index is 13.3. The number of carboxylic acid groups (broad SMARTS) is 1. The number of aromatic amines is 1. The number of rotatable bonds is 7. The van der Waals surface area contributed by atoms with Crippen molar-refractivity contribution in [3.8, 4) is 0 Å². The second-order valence-electron chi connectivity index (χ2n) is 8.79. The van der Waals surface area contributed by atoms with Gasteiger partial charge in [-0.25, -0.2) is 9.78 Å². The summed E-state index contributed by atoms with van der Waals surface area (Å²) in [7, 11) is 0. The first-order chi connectivity index (χ1) is 16.8. The van der Waals surface area contributed by atoms with Crippen molar-refractivity contribution in [2.24, 2.45) is 0 Å². The van der Waals surface area contributed by atoms with E-state index < -0.39 is 17.9 Å². The van der Waals surface area contributed by atoms with Gasteiger partial charge in [0.15, 0.2) is 0 Å². The molecule has 35 heavy (non-hydrogen) atoms. The molecule has 0 spiro atoms. The fraction of sp³-hybridized carbons (Fsp3) is 0.360. The quantitative estimate of drug-likeness (QED) is 0.461. The number of aromatic carboxylic acids is 1. The molecule has 3 heterocycles. The highest BCUT2D eigenvalue weighted by molar-refractivity contribution is 7.99. The zero-order valence-electron chi connectivity index (χ0n) is 19.9. The summed E-state index contributed by atoms with van der Waals surface area (Å²) >= 11 is 1.12. The number of carbonyl (C=O) groups is 3. The Kier molecular flexibility index (Phi) is 7.42. The molecular weight excluding hydrogens is 466 g/mol. The minimum atomic E-state index is -1.09. The van der Waals surface area contributed by atoms with Crippen molar-refractivity contribution in [3.63, 3.8) is 0 Å². The maximum atomic E-state index is 13.3. The van der Waals surface area contributed by atoms with Crippen LogP contribution in [0.5, 0.6) is 0 Å². The van der Waals surface area contributed by atoms with Crippen LogP contribution in [0.3, 0.4) is 0 Å². The lowest BCUT2D eigenvalue weighted by Gasteiger charge is -2.37. The van der Waals surface area contributed by atoms with E-state index >= 15 is 0 Å². The highest BCUT2D eigenvalue weighted by Gasteiger charge is 2.28. The number of fused-ring (bicyclic) bond motifs is 1. The summed E-state index contributed by atoms with van der Waals surface area (Å²) in [6.07, 6.45) is 1.52. The van der Waals surface area contributed by atoms with Crippen LogP contribution in [0.1, 0.15) is 41.6 Å². The van der Waals surface area contributed by atoms with Crippen LogP contribution >= 0.6 is 11.8 Å².